The normalized spacial score (nSPS) is 21.1. The summed E-state index contributed by atoms with van der Waals surface area (Å²) in [5.74, 6) is 1.15. The maximum absolute atomic E-state index is 12.3. The second kappa shape index (κ2) is 6.59. The van der Waals surface area contributed by atoms with Crippen molar-refractivity contribution in [3.63, 3.8) is 0 Å². The fourth-order valence-corrected chi connectivity index (χ4v) is 2.20. The molecule has 0 radical (unpaired) electrons. The van der Waals surface area contributed by atoms with Crippen molar-refractivity contribution in [2.24, 2.45) is 0 Å². The van der Waals surface area contributed by atoms with Gasteiger partial charge in [-0.1, -0.05) is 5.92 Å². The van der Waals surface area contributed by atoms with Crippen molar-refractivity contribution in [2.45, 2.75) is 25.6 Å². The fourth-order valence-electron chi connectivity index (χ4n) is 2.20. The van der Waals surface area contributed by atoms with E-state index in [1.54, 1.807) is 13.8 Å². The predicted molar refractivity (Wildman–Crippen MR) is 71.0 cm³/mol. The van der Waals surface area contributed by atoms with Crippen LogP contribution in [-0.2, 0) is 9.53 Å². The van der Waals surface area contributed by atoms with E-state index in [0.29, 0.717) is 6.54 Å². The summed E-state index contributed by atoms with van der Waals surface area (Å²) in [4.78, 5) is 25.6. The number of carboxylic acids is 1. The van der Waals surface area contributed by atoms with Crippen LogP contribution in [0.1, 0.15) is 13.8 Å². The van der Waals surface area contributed by atoms with Crippen molar-refractivity contribution < 1.29 is 24.5 Å². The summed E-state index contributed by atoms with van der Waals surface area (Å²) in [5.41, 5.74) is -0.605. The highest BCUT2D eigenvalue weighted by molar-refractivity contribution is 5.80. The first-order valence-corrected chi connectivity index (χ1v) is 6.27. The second-order valence-corrected chi connectivity index (χ2v) is 5.30. The summed E-state index contributed by atoms with van der Waals surface area (Å²) in [6, 6.07) is -0.458. The predicted octanol–water partition coefficient (Wildman–Crippen LogP) is -0.402. The number of urea groups is 1. The third-order valence-corrected chi connectivity index (χ3v) is 2.83. The van der Waals surface area contributed by atoms with Crippen molar-refractivity contribution >= 4 is 12.0 Å². The number of hydrogen-bond acceptors (Lipinski definition) is 4. The number of amides is 2. The summed E-state index contributed by atoms with van der Waals surface area (Å²) >= 11 is 0. The Balaban J connectivity index is 2.82. The largest absolute Gasteiger partial charge is 0.480 e. The molecule has 0 spiro atoms. The lowest BCUT2D eigenvalue weighted by molar-refractivity contribution is -0.142. The number of terminal acetylenes is 1. The molecule has 1 rings (SSSR count). The van der Waals surface area contributed by atoms with Crippen molar-refractivity contribution in [1.82, 2.24) is 9.80 Å². The summed E-state index contributed by atoms with van der Waals surface area (Å²) in [7, 11) is 0. The minimum atomic E-state index is -1.13. The molecule has 1 aliphatic rings. The Kier molecular flexibility index (Phi) is 5.36. The monoisotopic (exact) mass is 284 g/mol. The van der Waals surface area contributed by atoms with Crippen LogP contribution in [0.15, 0.2) is 0 Å². The molecule has 0 aliphatic carbocycles. The van der Waals surface area contributed by atoms with Crippen molar-refractivity contribution in [1.29, 1.82) is 0 Å². The zero-order valence-electron chi connectivity index (χ0n) is 11.7. The van der Waals surface area contributed by atoms with Crippen LogP contribution in [-0.4, -0.2) is 76.5 Å². The van der Waals surface area contributed by atoms with E-state index in [2.05, 4.69) is 5.92 Å². The molecule has 2 N–H and O–H groups in total. The van der Waals surface area contributed by atoms with Crippen LogP contribution in [0.2, 0.25) is 0 Å². The topological polar surface area (TPSA) is 90.3 Å². The van der Waals surface area contributed by atoms with Gasteiger partial charge in [-0.15, -0.1) is 6.42 Å². The van der Waals surface area contributed by atoms with Crippen molar-refractivity contribution in [3.8, 4) is 12.3 Å². The minimum Gasteiger partial charge on any atom is -0.480 e. The molecule has 0 saturated carbocycles. The standard InChI is InChI=1S/C13H20N2O5/c1-4-5-14(7-11(17)18)12(19)15-6-10(8-16)20-13(2,3)9-15/h1,10,16H,5-9H2,2-3H3,(H,17,18). The van der Waals surface area contributed by atoms with Crippen LogP contribution in [0.5, 0.6) is 0 Å². The Bertz CT molecular complexity index is 415. The third-order valence-electron chi connectivity index (χ3n) is 2.83. The minimum absolute atomic E-state index is 0.0767. The van der Waals surface area contributed by atoms with Gasteiger partial charge in [0, 0.05) is 0 Å². The van der Waals surface area contributed by atoms with Crippen molar-refractivity contribution in [2.75, 3.05) is 32.8 Å². The Morgan fingerprint density at radius 1 is 1.55 bits per heavy atom. The van der Waals surface area contributed by atoms with Gasteiger partial charge in [-0.3, -0.25) is 4.79 Å². The molecule has 1 atom stereocenters. The molecule has 2 amide bonds. The molecule has 20 heavy (non-hydrogen) atoms. The van der Waals surface area contributed by atoms with E-state index < -0.39 is 30.3 Å². The Morgan fingerprint density at radius 2 is 2.20 bits per heavy atom. The van der Waals surface area contributed by atoms with Gasteiger partial charge in [0.2, 0.25) is 0 Å². The van der Waals surface area contributed by atoms with Gasteiger partial charge < -0.3 is 24.7 Å². The first-order chi connectivity index (χ1) is 9.29. The summed E-state index contributed by atoms with van der Waals surface area (Å²) in [6.07, 6.45) is 4.67. The Hall–Kier alpha value is -1.78. The van der Waals surface area contributed by atoms with Crippen LogP contribution in [0, 0.1) is 12.3 Å². The van der Waals surface area contributed by atoms with Crippen LogP contribution in [0.3, 0.4) is 0 Å². The molecule has 1 fully saturated rings. The molecule has 1 heterocycles. The number of morpholine rings is 1. The zero-order valence-corrected chi connectivity index (χ0v) is 11.7. The lowest BCUT2D eigenvalue weighted by Gasteiger charge is -2.43. The lowest BCUT2D eigenvalue weighted by atomic mass is 10.1. The smallest absolute Gasteiger partial charge is 0.323 e. The average molecular weight is 284 g/mol. The highest BCUT2D eigenvalue weighted by Gasteiger charge is 2.37. The number of hydrogen-bond donors (Lipinski definition) is 2. The second-order valence-electron chi connectivity index (χ2n) is 5.30. The highest BCUT2D eigenvalue weighted by Crippen LogP contribution is 2.21. The molecule has 7 nitrogen and oxygen atoms in total. The van der Waals surface area contributed by atoms with Gasteiger partial charge in [-0.05, 0) is 13.8 Å². The van der Waals surface area contributed by atoms with E-state index in [-0.39, 0.29) is 19.7 Å². The van der Waals surface area contributed by atoms with Crippen LogP contribution >= 0.6 is 0 Å². The quantitative estimate of drug-likeness (QED) is 0.685. The number of rotatable bonds is 4. The van der Waals surface area contributed by atoms with Gasteiger partial charge in [0.15, 0.2) is 0 Å². The molecule has 112 valence electrons. The number of aliphatic hydroxyl groups excluding tert-OH is 1. The summed E-state index contributed by atoms with van der Waals surface area (Å²) < 4.78 is 5.61. The molecular weight excluding hydrogens is 264 g/mol. The van der Waals surface area contributed by atoms with E-state index in [1.807, 2.05) is 0 Å². The number of carboxylic acid groups (broad SMARTS) is 1. The fraction of sp³-hybridized carbons (Fsp3) is 0.692. The first-order valence-electron chi connectivity index (χ1n) is 6.27. The number of nitrogens with zero attached hydrogens (tertiary/aromatic N) is 2. The van der Waals surface area contributed by atoms with E-state index in [1.165, 1.54) is 4.90 Å². The van der Waals surface area contributed by atoms with Crippen molar-refractivity contribution in [3.05, 3.63) is 0 Å². The Labute approximate surface area is 118 Å². The molecule has 1 aliphatic heterocycles. The van der Waals surface area contributed by atoms with Gasteiger partial charge in [-0.25, -0.2) is 4.79 Å². The number of aliphatic carboxylic acids is 1. The van der Waals surface area contributed by atoms with Crippen LogP contribution in [0.25, 0.3) is 0 Å². The molecule has 0 bridgehead atoms. The number of ether oxygens (including phenoxy) is 1. The molecule has 0 aromatic rings. The van der Waals surface area contributed by atoms with E-state index in [9.17, 15) is 14.7 Å². The molecule has 1 unspecified atom stereocenters. The molecular formula is C13H20N2O5. The molecule has 0 aromatic carbocycles. The van der Waals surface area contributed by atoms with E-state index >= 15 is 0 Å². The summed E-state index contributed by atoms with van der Waals surface area (Å²) in [5, 5.41) is 18.0. The van der Waals surface area contributed by atoms with E-state index in [0.717, 1.165) is 4.90 Å². The first kappa shape index (κ1) is 16.3. The zero-order chi connectivity index (χ0) is 15.3. The molecule has 0 aromatic heterocycles. The molecule has 7 heteroatoms. The van der Waals surface area contributed by atoms with Gasteiger partial charge in [-0.2, -0.15) is 0 Å². The van der Waals surface area contributed by atoms with Crippen LogP contribution < -0.4 is 0 Å². The number of aliphatic hydroxyl groups is 1. The van der Waals surface area contributed by atoms with Gasteiger partial charge in [0.05, 0.1) is 37.9 Å². The average Bonchev–Trinajstić information content (AvgIpc) is 2.34. The molecule has 1 saturated heterocycles. The SMILES string of the molecule is C#CCN(CC(=O)O)C(=O)N1CC(CO)OC(C)(C)C1. The highest BCUT2D eigenvalue weighted by atomic mass is 16.5. The summed E-state index contributed by atoms with van der Waals surface area (Å²) in [6.45, 7) is 3.39. The number of carbonyl (C=O) groups excluding carboxylic acids is 1. The maximum atomic E-state index is 12.3. The van der Waals surface area contributed by atoms with Gasteiger partial charge in [0.25, 0.3) is 0 Å². The third kappa shape index (κ3) is 4.40. The lowest BCUT2D eigenvalue weighted by Crippen LogP contribution is -2.58. The van der Waals surface area contributed by atoms with Gasteiger partial charge in [0.1, 0.15) is 6.54 Å². The number of carbonyl (C=O) groups is 2. The Morgan fingerprint density at radius 3 is 2.70 bits per heavy atom. The van der Waals surface area contributed by atoms with Crippen LogP contribution in [0.4, 0.5) is 4.79 Å². The van der Waals surface area contributed by atoms with Gasteiger partial charge >= 0.3 is 12.0 Å². The van der Waals surface area contributed by atoms with E-state index in [4.69, 9.17) is 16.3 Å². The maximum Gasteiger partial charge on any atom is 0.323 e.